The van der Waals surface area contributed by atoms with Crippen molar-refractivity contribution in [2.24, 2.45) is 11.3 Å². The van der Waals surface area contributed by atoms with Crippen molar-refractivity contribution in [3.8, 4) is 0 Å². The van der Waals surface area contributed by atoms with Gasteiger partial charge in [0.05, 0.1) is 24.3 Å². The zero-order valence-corrected chi connectivity index (χ0v) is 17.3. The molecule has 0 unspecified atom stereocenters. The van der Waals surface area contributed by atoms with Crippen LogP contribution in [0, 0.1) is 11.3 Å². The number of anilines is 1. The van der Waals surface area contributed by atoms with Crippen LogP contribution in [0.4, 0.5) is 5.13 Å². The second kappa shape index (κ2) is 9.66. The number of morpholine rings is 1. The molecule has 2 atom stereocenters. The molecule has 2 aliphatic heterocycles. The number of hydrogen-bond donors (Lipinski definition) is 2. The van der Waals surface area contributed by atoms with E-state index in [-0.39, 0.29) is 36.1 Å². The van der Waals surface area contributed by atoms with Gasteiger partial charge in [-0.3, -0.25) is 9.69 Å². The van der Waals surface area contributed by atoms with Crippen LogP contribution in [0.2, 0.25) is 0 Å². The summed E-state index contributed by atoms with van der Waals surface area (Å²) in [4.78, 5) is 19.9. The van der Waals surface area contributed by atoms with E-state index in [1.54, 1.807) is 0 Å². The number of fused-ring (bicyclic) bond motifs is 1. The predicted octanol–water partition coefficient (Wildman–Crippen LogP) is 2.54. The molecule has 3 aliphatic rings. The lowest BCUT2D eigenvalue weighted by Crippen LogP contribution is -2.44. The highest BCUT2D eigenvalue weighted by atomic mass is 35.5. The summed E-state index contributed by atoms with van der Waals surface area (Å²) >= 11 is 1.54. The van der Waals surface area contributed by atoms with E-state index in [1.165, 1.54) is 24.2 Å². The van der Waals surface area contributed by atoms with Gasteiger partial charge < -0.3 is 15.4 Å². The van der Waals surface area contributed by atoms with Crippen molar-refractivity contribution < 1.29 is 9.53 Å². The number of amides is 1. The topological polar surface area (TPSA) is 66.5 Å². The van der Waals surface area contributed by atoms with Crippen LogP contribution in [-0.2, 0) is 16.1 Å². The SMILES string of the molecule is Cl.Cl.O=C(Nc1nc(CN2CCOCC2)cs1)[C@@]12CCCC[C@H]1CNC2. The second-order valence-electron chi connectivity index (χ2n) is 7.22. The van der Waals surface area contributed by atoms with Crippen LogP contribution in [0.3, 0.4) is 0 Å². The number of carbonyl (C=O) groups is 1. The average molecular weight is 423 g/mol. The minimum Gasteiger partial charge on any atom is -0.379 e. The second-order valence-corrected chi connectivity index (χ2v) is 8.07. The van der Waals surface area contributed by atoms with Crippen molar-refractivity contribution in [1.82, 2.24) is 15.2 Å². The summed E-state index contributed by atoms with van der Waals surface area (Å²) in [6, 6.07) is 0. The molecule has 3 heterocycles. The number of thiazole rings is 1. The van der Waals surface area contributed by atoms with Crippen LogP contribution in [-0.4, -0.2) is 55.2 Å². The Hall–Kier alpha value is -0.440. The van der Waals surface area contributed by atoms with Gasteiger partial charge in [0.15, 0.2) is 5.13 Å². The van der Waals surface area contributed by atoms with E-state index in [0.717, 1.165) is 69.6 Å². The van der Waals surface area contributed by atoms with E-state index in [1.807, 2.05) is 0 Å². The molecule has 3 fully saturated rings. The molecule has 0 radical (unpaired) electrons. The van der Waals surface area contributed by atoms with Crippen molar-refractivity contribution in [3.63, 3.8) is 0 Å². The Kier molecular flexibility index (Phi) is 8.12. The first kappa shape index (κ1) is 21.9. The minimum atomic E-state index is -0.214. The number of nitrogens with one attached hydrogen (secondary N) is 2. The molecule has 0 spiro atoms. The molecule has 2 saturated heterocycles. The molecule has 1 aromatic rings. The lowest BCUT2D eigenvalue weighted by atomic mass is 9.68. The highest BCUT2D eigenvalue weighted by molar-refractivity contribution is 7.13. The van der Waals surface area contributed by atoms with Crippen molar-refractivity contribution >= 4 is 47.2 Å². The van der Waals surface area contributed by atoms with E-state index >= 15 is 0 Å². The monoisotopic (exact) mass is 422 g/mol. The Bertz CT molecular complexity index is 597. The number of nitrogens with zero attached hydrogens (tertiary/aromatic N) is 2. The summed E-state index contributed by atoms with van der Waals surface area (Å²) in [5.41, 5.74) is 0.827. The molecule has 0 aromatic carbocycles. The maximum atomic E-state index is 13.0. The van der Waals surface area contributed by atoms with Crippen molar-refractivity contribution in [2.45, 2.75) is 32.2 Å². The standard InChI is InChI=1S/C17H26N4O2S.2ClH/c22-15(17-4-2-1-3-13(17)9-18-12-17)20-16-19-14(11-24-16)10-21-5-7-23-8-6-21;;/h11,13,18H,1-10,12H2,(H,19,20,22);2*1H/t13-,17+;;/m0../s1. The molecule has 1 saturated carbocycles. The van der Waals surface area contributed by atoms with Crippen LogP contribution in [0.1, 0.15) is 31.4 Å². The van der Waals surface area contributed by atoms with Gasteiger partial charge in [-0.1, -0.05) is 12.8 Å². The molecule has 0 bridgehead atoms. The van der Waals surface area contributed by atoms with E-state index in [0.29, 0.717) is 5.92 Å². The van der Waals surface area contributed by atoms with Gasteiger partial charge in [-0.05, 0) is 25.3 Å². The Morgan fingerprint density at radius 3 is 3.00 bits per heavy atom. The van der Waals surface area contributed by atoms with E-state index in [2.05, 4.69) is 25.9 Å². The van der Waals surface area contributed by atoms with E-state index in [9.17, 15) is 4.79 Å². The minimum absolute atomic E-state index is 0. The van der Waals surface area contributed by atoms with Crippen molar-refractivity contribution in [3.05, 3.63) is 11.1 Å². The third kappa shape index (κ3) is 4.51. The van der Waals surface area contributed by atoms with Gasteiger partial charge in [0.2, 0.25) is 5.91 Å². The molecule has 6 nitrogen and oxygen atoms in total. The molecule has 9 heteroatoms. The number of aromatic nitrogens is 1. The molecule has 1 aliphatic carbocycles. The van der Waals surface area contributed by atoms with Gasteiger partial charge in [0.25, 0.3) is 0 Å². The van der Waals surface area contributed by atoms with Gasteiger partial charge in [0.1, 0.15) is 0 Å². The van der Waals surface area contributed by atoms with Crippen LogP contribution >= 0.6 is 36.2 Å². The zero-order chi connectivity index (χ0) is 16.4. The maximum absolute atomic E-state index is 13.0. The molecule has 4 rings (SSSR count). The molecule has 1 aromatic heterocycles. The number of halogens is 2. The average Bonchev–Trinajstić information content (AvgIpc) is 3.23. The van der Waals surface area contributed by atoms with Crippen LogP contribution in [0.5, 0.6) is 0 Å². The van der Waals surface area contributed by atoms with Crippen molar-refractivity contribution in [2.75, 3.05) is 44.7 Å². The van der Waals surface area contributed by atoms with Crippen LogP contribution < -0.4 is 10.6 Å². The number of ether oxygens (including phenoxy) is 1. The largest absolute Gasteiger partial charge is 0.379 e. The lowest BCUT2D eigenvalue weighted by Gasteiger charge is -2.36. The third-order valence-electron chi connectivity index (χ3n) is 5.75. The van der Waals surface area contributed by atoms with Gasteiger partial charge in [-0.2, -0.15) is 0 Å². The lowest BCUT2D eigenvalue weighted by molar-refractivity contribution is -0.128. The number of carbonyl (C=O) groups excluding carboxylic acids is 1. The summed E-state index contributed by atoms with van der Waals surface area (Å²) in [6.45, 7) is 6.13. The van der Waals surface area contributed by atoms with Crippen LogP contribution in [0.15, 0.2) is 5.38 Å². The first-order valence-corrected chi connectivity index (χ1v) is 9.91. The van der Waals surface area contributed by atoms with Crippen LogP contribution in [0.25, 0.3) is 0 Å². The summed E-state index contributed by atoms with van der Waals surface area (Å²) in [6.07, 6.45) is 4.58. The summed E-state index contributed by atoms with van der Waals surface area (Å²) in [7, 11) is 0. The normalized spacial score (nSPS) is 28.5. The first-order valence-electron chi connectivity index (χ1n) is 9.03. The molecular weight excluding hydrogens is 395 g/mol. The number of hydrogen-bond acceptors (Lipinski definition) is 6. The molecule has 1 amide bonds. The fourth-order valence-corrected chi connectivity index (χ4v) is 5.03. The summed E-state index contributed by atoms with van der Waals surface area (Å²) < 4.78 is 5.38. The highest BCUT2D eigenvalue weighted by Gasteiger charge is 2.49. The fraction of sp³-hybridized carbons (Fsp3) is 0.765. The van der Waals surface area contributed by atoms with Gasteiger partial charge in [-0.15, -0.1) is 36.2 Å². The Balaban J connectivity index is 0.00000121. The van der Waals surface area contributed by atoms with E-state index < -0.39 is 0 Å². The molecule has 2 N–H and O–H groups in total. The maximum Gasteiger partial charge on any atom is 0.233 e. The zero-order valence-electron chi connectivity index (χ0n) is 14.9. The third-order valence-corrected chi connectivity index (χ3v) is 6.56. The molecular formula is C17H28Cl2N4O2S. The smallest absolute Gasteiger partial charge is 0.233 e. The van der Waals surface area contributed by atoms with E-state index in [4.69, 9.17) is 4.74 Å². The number of rotatable bonds is 4. The van der Waals surface area contributed by atoms with Crippen molar-refractivity contribution in [1.29, 1.82) is 0 Å². The fourth-order valence-electron chi connectivity index (χ4n) is 4.34. The summed E-state index contributed by atoms with van der Waals surface area (Å²) in [5, 5.41) is 9.36. The molecule has 26 heavy (non-hydrogen) atoms. The van der Waals surface area contributed by atoms with Gasteiger partial charge in [-0.25, -0.2) is 4.98 Å². The molecule has 148 valence electrons. The predicted molar refractivity (Wildman–Crippen MR) is 109 cm³/mol. The Morgan fingerprint density at radius 1 is 1.38 bits per heavy atom. The van der Waals surface area contributed by atoms with Gasteiger partial charge in [0, 0.05) is 31.6 Å². The quantitative estimate of drug-likeness (QED) is 0.779. The summed E-state index contributed by atoms with van der Waals surface area (Å²) in [5.74, 6) is 0.656. The first-order chi connectivity index (χ1) is 11.8. The van der Waals surface area contributed by atoms with Gasteiger partial charge >= 0.3 is 0 Å². The Morgan fingerprint density at radius 2 is 2.19 bits per heavy atom. The highest BCUT2D eigenvalue weighted by Crippen LogP contribution is 2.44. The Labute approximate surface area is 171 Å².